The number of thioether (sulfide) groups is 1. The van der Waals surface area contributed by atoms with E-state index in [4.69, 9.17) is 1.37 Å². The first-order valence-corrected chi connectivity index (χ1v) is 9.94. The van der Waals surface area contributed by atoms with E-state index in [9.17, 15) is 4.79 Å². The molecule has 0 heterocycles. The number of hydrogen-bond acceptors (Lipinski definition) is 2. The third-order valence-electron chi connectivity index (χ3n) is 4.61. The van der Waals surface area contributed by atoms with Crippen molar-refractivity contribution >= 4 is 18.0 Å². The molecule has 0 spiro atoms. The summed E-state index contributed by atoms with van der Waals surface area (Å²) in [6, 6.07) is 31.6. The minimum absolute atomic E-state index is 0.238. The van der Waals surface area contributed by atoms with Crippen molar-refractivity contribution in [2.75, 3.05) is 5.75 Å². The van der Waals surface area contributed by atoms with E-state index in [1.165, 1.54) is 16.7 Å². The van der Waals surface area contributed by atoms with Crippen molar-refractivity contribution < 1.29 is 6.17 Å². The summed E-state index contributed by atoms with van der Waals surface area (Å²) in [6.07, 6.45) is 0.210. The maximum atomic E-state index is 11.4. The summed E-state index contributed by atoms with van der Waals surface area (Å²) in [5.74, 6) is 0.558. The van der Waals surface area contributed by atoms with Crippen molar-refractivity contribution in [3.63, 3.8) is 0 Å². The first-order chi connectivity index (χ1) is 13.1. The van der Waals surface area contributed by atoms with Crippen LogP contribution < -0.4 is 0 Å². The molecule has 1 nitrogen and oxygen atoms in total. The standard InChI is InChI=1S/C24H24OS/c1-20(19-25)17-18-26-24(21-11-5-2-6-12-21,22-13-7-3-8-14-22)23-15-9-4-10-16-23/h2-16,19-20H,17-18H2,1H3/t20-/m0/s1/i19D. The third-order valence-corrected chi connectivity index (χ3v) is 6.19. The quantitative estimate of drug-likeness (QED) is 0.365. The van der Waals surface area contributed by atoms with Crippen LogP contribution in [0.25, 0.3) is 0 Å². The van der Waals surface area contributed by atoms with Gasteiger partial charge in [-0.25, -0.2) is 0 Å². The molecule has 0 bridgehead atoms. The van der Waals surface area contributed by atoms with Crippen LogP contribution in [0.1, 0.15) is 31.4 Å². The van der Waals surface area contributed by atoms with E-state index in [0.29, 0.717) is 6.42 Å². The fourth-order valence-corrected chi connectivity index (χ4v) is 4.90. The van der Waals surface area contributed by atoms with E-state index in [1.807, 2.05) is 36.9 Å². The van der Waals surface area contributed by atoms with E-state index >= 15 is 0 Å². The van der Waals surface area contributed by atoms with Gasteiger partial charge in [0, 0.05) is 5.92 Å². The SMILES string of the molecule is [2H]C(=O)[C@@H](C)CCSC(c1ccccc1)(c1ccccc1)c1ccccc1. The molecule has 0 aromatic heterocycles. The van der Waals surface area contributed by atoms with Crippen molar-refractivity contribution in [1.29, 1.82) is 0 Å². The van der Waals surface area contributed by atoms with Gasteiger partial charge in [-0.3, -0.25) is 0 Å². The lowest BCUT2D eigenvalue weighted by molar-refractivity contribution is -0.110. The van der Waals surface area contributed by atoms with Crippen LogP contribution in [0.4, 0.5) is 0 Å². The average Bonchev–Trinajstić information content (AvgIpc) is 2.73. The Morgan fingerprint density at radius 3 is 1.58 bits per heavy atom. The second kappa shape index (κ2) is 8.86. The van der Waals surface area contributed by atoms with Crippen molar-refractivity contribution in [2.45, 2.75) is 18.1 Å². The highest BCUT2D eigenvalue weighted by Crippen LogP contribution is 2.48. The van der Waals surface area contributed by atoms with Gasteiger partial charge in [-0.05, 0) is 28.9 Å². The second-order valence-electron chi connectivity index (χ2n) is 6.44. The van der Waals surface area contributed by atoms with Gasteiger partial charge in [0.05, 0.1) is 4.75 Å². The van der Waals surface area contributed by atoms with Crippen molar-refractivity contribution in [2.24, 2.45) is 5.92 Å². The van der Waals surface area contributed by atoms with Crippen LogP contribution in [-0.4, -0.2) is 12.0 Å². The zero-order valence-electron chi connectivity index (χ0n) is 16.0. The summed E-state index contributed by atoms with van der Waals surface area (Å²) < 4.78 is 7.01. The summed E-state index contributed by atoms with van der Waals surface area (Å²) >= 11 is 1.84. The molecule has 0 saturated carbocycles. The minimum Gasteiger partial charge on any atom is -0.303 e. The van der Waals surface area contributed by atoms with Crippen LogP contribution >= 0.6 is 11.8 Å². The van der Waals surface area contributed by atoms with Crippen molar-refractivity contribution in [3.05, 3.63) is 108 Å². The van der Waals surface area contributed by atoms with Crippen molar-refractivity contribution in [3.8, 4) is 0 Å². The number of rotatable bonds is 8. The molecule has 0 N–H and O–H groups in total. The molecule has 3 aromatic carbocycles. The summed E-state index contributed by atoms with van der Waals surface area (Å²) in [6.45, 7) is 1.84. The zero-order valence-corrected chi connectivity index (χ0v) is 15.8. The van der Waals surface area contributed by atoms with Gasteiger partial charge in [0.2, 0.25) is 0 Å². The van der Waals surface area contributed by atoms with Gasteiger partial charge in [0.15, 0.2) is 0 Å². The monoisotopic (exact) mass is 361 g/mol. The molecule has 3 rings (SSSR count). The predicted molar refractivity (Wildman–Crippen MR) is 112 cm³/mol. The zero-order chi connectivity index (χ0) is 19.1. The number of aldehydes is 1. The fourth-order valence-electron chi connectivity index (χ4n) is 3.22. The Bertz CT molecular complexity index is 753. The Labute approximate surface area is 161 Å². The van der Waals surface area contributed by atoms with Gasteiger partial charge in [-0.2, -0.15) is 0 Å². The van der Waals surface area contributed by atoms with E-state index < -0.39 is 6.26 Å². The summed E-state index contributed by atoms with van der Waals surface area (Å²) in [5.41, 5.74) is 3.66. The molecule has 0 amide bonds. The van der Waals surface area contributed by atoms with Gasteiger partial charge in [-0.1, -0.05) is 97.9 Å². The molecule has 0 aliphatic rings. The molecular formula is C24H24OS. The van der Waals surface area contributed by atoms with Gasteiger partial charge >= 0.3 is 0 Å². The fraction of sp³-hybridized carbons (Fsp3) is 0.208. The average molecular weight is 362 g/mol. The van der Waals surface area contributed by atoms with E-state index in [-0.39, 0.29) is 10.7 Å². The maximum absolute atomic E-state index is 11.4. The van der Waals surface area contributed by atoms with E-state index in [1.54, 1.807) is 0 Å². The summed E-state index contributed by atoms with van der Waals surface area (Å²) in [7, 11) is 0. The largest absolute Gasteiger partial charge is 0.303 e. The van der Waals surface area contributed by atoms with E-state index in [2.05, 4.69) is 72.8 Å². The Hall–Kier alpha value is -2.32. The topological polar surface area (TPSA) is 17.1 Å². The van der Waals surface area contributed by atoms with Gasteiger partial charge in [0.25, 0.3) is 0 Å². The van der Waals surface area contributed by atoms with Crippen LogP contribution in [0.15, 0.2) is 91.0 Å². The summed E-state index contributed by atoms with van der Waals surface area (Å²) in [5, 5.41) is 0. The maximum Gasteiger partial charge on any atom is 0.122 e. The number of benzene rings is 3. The Morgan fingerprint density at radius 1 is 0.846 bits per heavy atom. The molecule has 0 fully saturated rings. The summed E-state index contributed by atoms with van der Waals surface area (Å²) in [4.78, 5) is 11.4. The Balaban J connectivity index is 2.10. The Morgan fingerprint density at radius 2 is 1.23 bits per heavy atom. The van der Waals surface area contributed by atoms with Crippen LogP contribution in [-0.2, 0) is 9.54 Å². The van der Waals surface area contributed by atoms with E-state index in [0.717, 1.165) is 5.75 Å². The molecular weight excluding hydrogens is 336 g/mol. The number of carbonyl (C=O) groups is 1. The predicted octanol–water partition coefficient (Wildman–Crippen LogP) is 5.94. The molecule has 0 aliphatic heterocycles. The Kier molecular flexibility index (Phi) is 5.83. The highest BCUT2D eigenvalue weighted by Gasteiger charge is 2.36. The molecule has 0 unspecified atom stereocenters. The number of hydrogen-bond donors (Lipinski definition) is 0. The van der Waals surface area contributed by atoms with Crippen LogP contribution in [0.5, 0.6) is 0 Å². The minimum atomic E-state index is -0.486. The molecule has 1 atom stereocenters. The second-order valence-corrected chi connectivity index (χ2v) is 7.74. The lowest BCUT2D eigenvalue weighted by Gasteiger charge is -2.35. The molecule has 0 aliphatic carbocycles. The highest BCUT2D eigenvalue weighted by molar-refractivity contribution is 8.00. The van der Waals surface area contributed by atoms with Gasteiger partial charge < -0.3 is 4.79 Å². The molecule has 3 aromatic rings. The van der Waals surface area contributed by atoms with Crippen molar-refractivity contribution in [1.82, 2.24) is 0 Å². The molecule has 132 valence electrons. The lowest BCUT2D eigenvalue weighted by atomic mass is 9.84. The highest BCUT2D eigenvalue weighted by atomic mass is 32.2. The lowest BCUT2D eigenvalue weighted by Crippen LogP contribution is -2.26. The van der Waals surface area contributed by atoms with Crippen LogP contribution in [0.3, 0.4) is 0 Å². The smallest absolute Gasteiger partial charge is 0.122 e. The molecule has 0 radical (unpaired) electrons. The normalized spacial score (nSPS) is 13.0. The number of carbonyl (C=O) groups excluding carboxylic acids is 1. The molecule has 26 heavy (non-hydrogen) atoms. The first kappa shape index (κ1) is 17.1. The molecule has 0 saturated heterocycles. The third kappa shape index (κ3) is 3.91. The van der Waals surface area contributed by atoms with Crippen LogP contribution in [0.2, 0.25) is 0 Å². The van der Waals surface area contributed by atoms with Crippen LogP contribution in [0, 0.1) is 5.92 Å². The molecule has 2 heteroatoms. The first-order valence-electron chi connectivity index (χ1n) is 9.45. The van der Waals surface area contributed by atoms with Gasteiger partial charge in [-0.15, -0.1) is 11.8 Å². The van der Waals surface area contributed by atoms with Gasteiger partial charge in [0.1, 0.15) is 7.63 Å².